The molecule has 0 bridgehead atoms. The van der Waals surface area contributed by atoms with Gasteiger partial charge in [0.1, 0.15) is 6.33 Å². The van der Waals surface area contributed by atoms with Crippen LogP contribution in [0.4, 0.5) is 0 Å². The number of alkyl halides is 4. The highest BCUT2D eigenvalue weighted by molar-refractivity contribution is 6.44. The summed E-state index contributed by atoms with van der Waals surface area (Å²) in [4.78, 5) is 9.67. The van der Waals surface area contributed by atoms with Crippen molar-refractivity contribution < 1.29 is 0 Å². The van der Waals surface area contributed by atoms with Crippen molar-refractivity contribution >= 4 is 46.4 Å². The molecule has 0 radical (unpaired) electrons. The lowest BCUT2D eigenvalue weighted by atomic mass is 10.6. The van der Waals surface area contributed by atoms with Crippen LogP contribution in [0.2, 0.25) is 0 Å². The van der Waals surface area contributed by atoms with Crippen molar-refractivity contribution in [2.75, 3.05) is 0 Å². The molecule has 0 amide bonds. The number of halogens is 4. The summed E-state index contributed by atoms with van der Waals surface area (Å²) in [6, 6.07) is 0. The zero-order valence-electron chi connectivity index (χ0n) is 5.59. The van der Waals surface area contributed by atoms with Crippen LogP contribution < -0.4 is 0 Å². The van der Waals surface area contributed by atoms with E-state index in [0.717, 1.165) is 0 Å². The van der Waals surface area contributed by atoms with Gasteiger partial charge in [0, 0.05) is 0 Å². The van der Waals surface area contributed by atoms with E-state index in [0.29, 0.717) is 0 Å². The third kappa shape index (κ3) is 2.59. The van der Waals surface area contributed by atoms with Crippen LogP contribution in [0, 0.1) is 0 Å². The van der Waals surface area contributed by atoms with Crippen LogP contribution >= 0.6 is 46.4 Å². The average molecular weight is 247 g/mol. The van der Waals surface area contributed by atoms with Gasteiger partial charge in [-0.25, -0.2) is 15.0 Å². The Morgan fingerprint density at radius 3 is 1.67 bits per heavy atom. The number of hydrogen-bond acceptors (Lipinski definition) is 3. The third-order valence-electron chi connectivity index (χ3n) is 0.999. The van der Waals surface area contributed by atoms with E-state index in [9.17, 15) is 0 Å². The molecule has 0 aliphatic carbocycles. The predicted octanol–water partition coefficient (Wildman–Crippen LogP) is 2.82. The van der Waals surface area contributed by atoms with Gasteiger partial charge in [-0.3, -0.25) is 0 Å². The standard InChI is InChI=1S/C5H3Cl4N3/c6-2(7)4-10-1-11-5(12-4)3(8)9/h1-3H. The Morgan fingerprint density at radius 2 is 1.33 bits per heavy atom. The maximum Gasteiger partial charge on any atom is 0.167 e. The lowest BCUT2D eigenvalue weighted by Crippen LogP contribution is -2.00. The largest absolute Gasteiger partial charge is 0.218 e. The van der Waals surface area contributed by atoms with Crippen LogP contribution in [0.25, 0.3) is 0 Å². The average Bonchev–Trinajstić information content (AvgIpc) is 2.04. The van der Waals surface area contributed by atoms with Crippen LogP contribution in [0.3, 0.4) is 0 Å². The first kappa shape index (κ1) is 10.3. The van der Waals surface area contributed by atoms with Gasteiger partial charge in [0.15, 0.2) is 21.3 Å². The molecule has 0 aromatic carbocycles. The van der Waals surface area contributed by atoms with Crippen LogP contribution in [0.1, 0.15) is 21.3 Å². The van der Waals surface area contributed by atoms with Gasteiger partial charge in [-0.05, 0) is 0 Å². The van der Waals surface area contributed by atoms with Gasteiger partial charge in [-0.2, -0.15) is 0 Å². The van der Waals surface area contributed by atoms with Crippen LogP contribution in [-0.2, 0) is 0 Å². The van der Waals surface area contributed by atoms with E-state index in [1.165, 1.54) is 6.33 Å². The topological polar surface area (TPSA) is 38.7 Å². The monoisotopic (exact) mass is 245 g/mol. The Bertz CT molecular complexity index is 241. The molecule has 1 aromatic rings. The summed E-state index contributed by atoms with van der Waals surface area (Å²) in [6.07, 6.45) is 1.26. The lowest BCUT2D eigenvalue weighted by Gasteiger charge is -2.02. The zero-order chi connectivity index (χ0) is 9.14. The molecule has 0 fully saturated rings. The van der Waals surface area contributed by atoms with E-state index in [-0.39, 0.29) is 11.6 Å². The fourth-order valence-corrected chi connectivity index (χ4v) is 0.953. The minimum atomic E-state index is -0.793. The minimum Gasteiger partial charge on any atom is -0.218 e. The molecular formula is C5H3Cl4N3. The Kier molecular flexibility index (Phi) is 3.77. The fourth-order valence-electron chi connectivity index (χ4n) is 0.533. The van der Waals surface area contributed by atoms with Crippen LogP contribution in [-0.4, -0.2) is 15.0 Å². The zero-order valence-corrected chi connectivity index (χ0v) is 8.61. The third-order valence-corrected chi connectivity index (χ3v) is 1.78. The molecule has 1 aromatic heterocycles. The van der Waals surface area contributed by atoms with Crippen molar-refractivity contribution in [1.29, 1.82) is 0 Å². The normalized spacial score (nSPS) is 11.2. The van der Waals surface area contributed by atoms with E-state index < -0.39 is 9.67 Å². The summed E-state index contributed by atoms with van der Waals surface area (Å²) >= 11 is 22.0. The highest BCUT2D eigenvalue weighted by atomic mass is 35.5. The van der Waals surface area contributed by atoms with E-state index in [1.807, 2.05) is 0 Å². The summed E-state index contributed by atoms with van der Waals surface area (Å²) in [5.41, 5.74) is 0. The molecule has 0 N–H and O–H groups in total. The molecule has 66 valence electrons. The second kappa shape index (κ2) is 4.42. The maximum absolute atomic E-state index is 5.51. The number of rotatable bonds is 2. The molecular weight excluding hydrogens is 244 g/mol. The van der Waals surface area contributed by atoms with Gasteiger partial charge < -0.3 is 0 Å². The van der Waals surface area contributed by atoms with E-state index in [4.69, 9.17) is 46.4 Å². The highest BCUT2D eigenvalue weighted by Crippen LogP contribution is 2.24. The van der Waals surface area contributed by atoms with Crippen LogP contribution in [0.15, 0.2) is 6.33 Å². The Morgan fingerprint density at radius 1 is 0.917 bits per heavy atom. The quantitative estimate of drug-likeness (QED) is 0.754. The van der Waals surface area contributed by atoms with Gasteiger partial charge >= 0.3 is 0 Å². The van der Waals surface area contributed by atoms with E-state index >= 15 is 0 Å². The SMILES string of the molecule is ClC(Cl)c1ncnc(C(Cl)Cl)n1. The van der Waals surface area contributed by atoms with Gasteiger partial charge in [0.05, 0.1) is 0 Å². The summed E-state index contributed by atoms with van der Waals surface area (Å²) in [7, 11) is 0. The second-order valence-corrected chi connectivity index (χ2v) is 4.00. The smallest absolute Gasteiger partial charge is 0.167 e. The summed E-state index contributed by atoms with van der Waals surface area (Å²) in [5, 5.41) is 0. The number of aromatic nitrogens is 3. The number of hydrogen-bond donors (Lipinski definition) is 0. The first-order chi connectivity index (χ1) is 5.61. The molecule has 0 unspecified atom stereocenters. The Hall–Kier alpha value is 0.170. The molecule has 0 saturated carbocycles. The molecule has 1 heterocycles. The maximum atomic E-state index is 5.51. The molecule has 0 saturated heterocycles. The van der Waals surface area contributed by atoms with Crippen molar-refractivity contribution in [2.24, 2.45) is 0 Å². The lowest BCUT2D eigenvalue weighted by molar-refractivity contribution is 0.881. The first-order valence-electron chi connectivity index (χ1n) is 2.86. The summed E-state index contributed by atoms with van der Waals surface area (Å²) in [6.45, 7) is 0. The van der Waals surface area contributed by atoms with Crippen molar-refractivity contribution in [2.45, 2.75) is 9.67 Å². The molecule has 3 nitrogen and oxygen atoms in total. The molecule has 7 heteroatoms. The van der Waals surface area contributed by atoms with Crippen molar-refractivity contribution in [3.63, 3.8) is 0 Å². The Balaban J connectivity index is 2.96. The molecule has 1 rings (SSSR count). The number of nitrogens with zero attached hydrogens (tertiary/aromatic N) is 3. The van der Waals surface area contributed by atoms with E-state index in [2.05, 4.69) is 15.0 Å². The van der Waals surface area contributed by atoms with Gasteiger partial charge in [0.2, 0.25) is 0 Å². The van der Waals surface area contributed by atoms with E-state index in [1.54, 1.807) is 0 Å². The molecule has 12 heavy (non-hydrogen) atoms. The van der Waals surface area contributed by atoms with Gasteiger partial charge in [-0.15, -0.1) is 0 Å². The van der Waals surface area contributed by atoms with Crippen LogP contribution in [0.5, 0.6) is 0 Å². The van der Waals surface area contributed by atoms with Gasteiger partial charge in [-0.1, -0.05) is 46.4 Å². The highest BCUT2D eigenvalue weighted by Gasteiger charge is 2.12. The molecule has 0 aliphatic rings. The first-order valence-corrected chi connectivity index (χ1v) is 4.61. The molecule has 0 spiro atoms. The predicted molar refractivity (Wildman–Crippen MR) is 48.7 cm³/mol. The van der Waals surface area contributed by atoms with Crippen molar-refractivity contribution in [3.8, 4) is 0 Å². The summed E-state index contributed by atoms with van der Waals surface area (Å²) < 4.78 is 0. The van der Waals surface area contributed by atoms with Crippen molar-refractivity contribution in [3.05, 3.63) is 18.0 Å². The van der Waals surface area contributed by atoms with Gasteiger partial charge in [0.25, 0.3) is 0 Å². The second-order valence-electron chi connectivity index (χ2n) is 1.80. The fraction of sp³-hybridized carbons (Fsp3) is 0.400. The summed E-state index contributed by atoms with van der Waals surface area (Å²) in [5.74, 6) is 0.490. The molecule has 0 atom stereocenters. The minimum absolute atomic E-state index is 0.245. The van der Waals surface area contributed by atoms with Crippen molar-refractivity contribution in [1.82, 2.24) is 15.0 Å². The molecule has 0 aliphatic heterocycles. The Labute approximate surface area is 89.0 Å².